The molecule has 5 aromatic rings. The summed E-state index contributed by atoms with van der Waals surface area (Å²) in [5, 5.41) is 0. The fourth-order valence-electron chi connectivity index (χ4n) is 3.93. The van der Waals surface area contributed by atoms with Crippen LogP contribution in [0.2, 0.25) is 0 Å². The van der Waals surface area contributed by atoms with Gasteiger partial charge in [0.1, 0.15) is 17.7 Å². The largest absolute Gasteiger partial charge is 0.275 e. The molecule has 0 unspecified atom stereocenters. The first-order valence-electron chi connectivity index (χ1n) is 8.31. The van der Waals surface area contributed by atoms with E-state index in [0.29, 0.717) is 0 Å². The molecule has 0 atom stereocenters. The van der Waals surface area contributed by atoms with Gasteiger partial charge in [-0.25, -0.2) is 18.5 Å². The van der Waals surface area contributed by atoms with Gasteiger partial charge in [0, 0.05) is 18.5 Å². The van der Waals surface area contributed by atoms with Crippen LogP contribution in [0.3, 0.4) is 0 Å². The number of fused-ring (bicyclic) bond motifs is 7. The fourth-order valence-corrected chi connectivity index (χ4v) is 3.93. The third kappa shape index (κ3) is 1.59. The molecule has 118 valence electrons. The van der Waals surface area contributed by atoms with E-state index < -0.39 is 0 Å². The first-order chi connectivity index (χ1) is 12.4. The van der Waals surface area contributed by atoms with Crippen molar-refractivity contribution in [1.29, 1.82) is 0 Å². The Hall–Kier alpha value is -3.47. The number of rotatable bonds is 1. The molecule has 1 aliphatic heterocycles. The maximum Gasteiger partial charge on any atom is 0.275 e. The van der Waals surface area contributed by atoms with E-state index in [-0.39, 0.29) is 0 Å². The smallest absolute Gasteiger partial charge is 0.257 e. The van der Waals surface area contributed by atoms with Gasteiger partial charge in [0.2, 0.25) is 5.82 Å². The Balaban J connectivity index is 1.83. The molecule has 5 heteroatoms. The Morgan fingerprint density at radius 3 is 2.80 bits per heavy atom. The zero-order valence-electron chi connectivity index (χ0n) is 13.4. The van der Waals surface area contributed by atoms with Crippen molar-refractivity contribution in [3.8, 4) is 17.1 Å². The standard InChI is InChI=1S/C20H14N5/c1-2-5-14(6-3-1)25-18-11-15-8-10-21-13-24(15)20(18)23-12-17-16(19(23)25)7-4-9-22-17/h1-11,13H,12H2/q+1. The van der Waals surface area contributed by atoms with Crippen molar-refractivity contribution < 1.29 is 4.57 Å². The lowest BCUT2D eigenvalue weighted by molar-refractivity contribution is -0.648. The molecule has 4 aromatic heterocycles. The summed E-state index contributed by atoms with van der Waals surface area (Å²) in [5.41, 5.74) is 6.94. The molecule has 5 nitrogen and oxygen atoms in total. The minimum atomic E-state index is 0.781. The number of pyridine rings is 1. The van der Waals surface area contributed by atoms with Crippen LogP contribution in [0.5, 0.6) is 0 Å². The number of benzene rings is 1. The lowest BCUT2D eigenvalue weighted by Gasteiger charge is -2.03. The van der Waals surface area contributed by atoms with Gasteiger partial charge in [-0.1, -0.05) is 18.2 Å². The fraction of sp³-hybridized carbons (Fsp3) is 0.0500. The number of hydrogen-bond acceptors (Lipinski definition) is 2. The summed E-state index contributed by atoms with van der Waals surface area (Å²) in [7, 11) is 0. The molecule has 0 N–H and O–H groups in total. The molecule has 0 saturated heterocycles. The monoisotopic (exact) mass is 324 g/mol. The van der Waals surface area contributed by atoms with Gasteiger partial charge in [-0.15, -0.1) is 0 Å². The predicted octanol–water partition coefficient (Wildman–Crippen LogP) is 2.99. The van der Waals surface area contributed by atoms with Crippen molar-refractivity contribution >= 4 is 16.7 Å². The molecular formula is C20H14N5+. The van der Waals surface area contributed by atoms with E-state index in [2.05, 4.69) is 59.9 Å². The Bertz CT molecular complexity index is 1260. The SMILES string of the molecule is c1ccc(-n2c3[n+](c4c2cc2ccncn24)Cc2ncccc2-3)cc1. The summed E-state index contributed by atoms with van der Waals surface area (Å²) in [5.74, 6) is 1.18. The molecule has 0 radical (unpaired) electrons. The molecule has 25 heavy (non-hydrogen) atoms. The van der Waals surface area contributed by atoms with Crippen LogP contribution < -0.4 is 4.57 Å². The summed E-state index contributed by atoms with van der Waals surface area (Å²) >= 11 is 0. The van der Waals surface area contributed by atoms with Gasteiger partial charge in [-0.3, -0.25) is 4.98 Å². The number of aromatic nitrogens is 5. The zero-order valence-corrected chi connectivity index (χ0v) is 13.4. The summed E-state index contributed by atoms with van der Waals surface area (Å²) in [6.45, 7) is 0.781. The van der Waals surface area contributed by atoms with E-state index in [1.165, 1.54) is 16.9 Å². The first-order valence-corrected chi connectivity index (χ1v) is 8.31. The van der Waals surface area contributed by atoms with E-state index >= 15 is 0 Å². The maximum absolute atomic E-state index is 4.59. The summed E-state index contributed by atoms with van der Waals surface area (Å²) < 4.78 is 6.83. The van der Waals surface area contributed by atoms with Gasteiger partial charge in [0.05, 0.1) is 11.3 Å². The van der Waals surface area contributed by atoms with Crippen molar-refractivity contribution in [3.05, 3.63) is 79.0 Å². The first kappa shape index (κ1) is 12.9. The number of imidazole rings is 1. The van der Waals surface area contributed by atoms with Crippen molar-refractivity contribution in [3.63, 3.8) is 0 Å². The van der Waals surface area contributed by atoms with Gasteiger partial charge in [0.25, 0.3) is 5.65 Å². The van der Waals surface area contributed by atoms with Gasteiger partial charge < -0.3 is 0 Å². The van der Waals surface area contributed by atoms with Crippen LogP contribution in [0.4, 0.5) is 0 Å². The van der Waals surface area contributed by atoms with E-state index in [1.807, 2.05) is 36.9 Å². The van der Waals surface area contributed by atoms with Crippen LogP contribution >= 0.6 is 0 Å². The second kappa shape index (κ2) is 4.54. The minimum Gasteiger partial charge on any atom is -0.257 e. The zero-order chi connectivity index (χ0) is 16.4. The van der Waals surface area contributed by atoms with Crippen molar-refractivity contribution in [2.45, 2.75) is 6.54 Å². The van der Waals surface area contributed by atoms with Crippen molar-refractivity contribution in [1.82, 2.24) is 18.9 Å². The number of nitrogens with zero attached hydrogens (tertiary/aromatic N) is 5. The average Bonchev–Trinajstić information content (AvgIpc) is 3.29. The number of hydrogen-bond donors (Lipinski definition) is 0. The summed E-state index contributed by atoms with van der Waals surface area (Å²) in [6, 6.07) is 18.9. The van der Waals surface area contributed by atoms with Gasteiger partial charge in [-0.05, 0) is 30.3 Å². The molecule has 0 fully saturated rings. The number of para-hydroxylation sites is 1. The Labute approximate surface area is 143 Å². The summed E-state index contributed by atoms with van der Waals surface area (Å²) in [4.78, 5) is 8.91. The van der Waals surface area contributed by atoms with Crippen LogP contribution in [0.25, 0.3) is 33.8 Å². The second-order valence-electron chi connectivity index (χ2n) is 6.31. The third-order valence-electron chi connectivity index (χ3n) is 4.95. The van der Waals surface area contributed by atoms with Gasteiger partial charge >= 0.3 is 0 Å². The Kier molecular flexibility index (Phi) is 2.34. The Morgan fingerprint density at radius 2 is 1.88 bits per heavy atom. The van der Waals surface area contributed by atoms with Crippen molar-refractivity contribution in [2.24, 2.45) is 0 Å². The molecule has 0 spiro atoms. The Morgan fingerprint density at radius 1 is 0.960 bits per heavy atom. The second-order valence-corrected chi connectivity index (χ2v) is 6.31. The highest BCUT2D eigenvalue weighted by Crippen LogP contribution is 2.33. The molecule has 1 aliphatic rings. The van der Waals surface area contributed by atoms with Crippen molar-refractivity contribution in [2.75, 3.05) is 0 Å². The van der Waals surface area contributed by atoms with Gasteiger partial charge in [-0.2, -0.15) is 0 Å². The predicted molar refractivity (Wildman–Crippen MR) is 94.6 cm³/mol. The normalized spacial score (nSPS) is 12.6. The van der Waals surface area contributed by atoms with E-state index in [9.17, 15) is 0 Å². The third-order valence-corrected chi connectivity index (χ3v) is 4.95. The topological polar surface area (TPSA) is 39.0 Å². The molecule has 5 heterocycles. The molecule has 0 amide bonds. The lowest BCUT2D eigenvalue weighted by Crippen LogP contribution is -2.32. The minimum absolute atomic E-state index is 0.781. The van der Waals surface area contributed by atoms with Crippen LogP contribution in [0, 0.1) is 0 Å². The average molecular weight is 324 g/mol. The highest BCUT2D eigenvalue weighted by atomic mass is 15.3. The molecule has 6 rings (SSSR count). The van der Waals surface area contributed by atoms with Crippen LogP contribution in [0.15, 0.2) is 73.3 Å². The van der Waals surface area contributed by atoms with Gasteiger partial charge in [0.15, 0.2) is 11.8 Å². The quantitative estimate of drug-likeness (QED) is 0.436. The molecule has 0 saturated carbocycles. The highest BCUT2D eigenvalue weighted by molar-refractivity contribution is 5.84. The van der Waals surface area contributed by atoms with Crippen LogP contribution in [0.1, 0.15) is 5.69 Å². The van der Waals surface area contributed by atoms with Crippen LogP contribution in [-0.4, -0.2) is 18.9 Å². The summed E-state index contributed by atoms with van der Waals surface area (Å²) in [6.07, 6.45) is 5.59. The van der Waals surface area contributed by atoms with E-state index in [4.69, 9.17) is 0 Å². The van der Waals surface area contributed by atoms with Crippen LogP contribution in [-0.2, 0) is 6.54 Å². The molecule has 1 aromatic carbocycles. The maximum atomic E-state index is 4.59. The molecule has 0 bridgehead atoms. The molecule has 0 aliphatic carbocycles. The molecular weight excluding hydrogens is 310 g/mol. The highest BCUT2D eigenvalue weighted by Gasteiger charge is 2.35. The van der Waals surface area contributed by atoms with E-state index in [1.54, 1.807) is 0 Å². The van der Waals surface area contributed by atoms with E-state index in [0.717, 1.165) is 29.1 Å². The lowest BCUT2D eigenvalue weighted by atomic mass is 10.2.